The number of carboxylic acid groups (broad SMARTS) is 1. The van der Waals surface area contributed by atoms with Crippen LogP contribution in [0.15, 0.2) is 33.9 Å². The van der Waals surface area contributed by atoms with Crippen molar-refractivity contribution >= 4 is 52.4 Å². The summed E-state index contributed by atoms with van der Waals surface area (Å²) in [4.78, 5) is 42.2. The molecular weight excluding hydrogens is 530 g/mol. The van der Waals surface area contributed by atoms with Crippen LogP contribution in [0.4, 0.5) is 4.79 Å². The Hall–Kier alpha value is -3.19. The molecule has 0 bridgehead atoms. The van der Waals surface area contributed by atoms with Crippen LogP contribution in [0, 0.1) is 0 Å². The van der Waals surface area contributed by atoms with Crippen LogP contribution >= 0.6 is 23.5 Å². The van der Waals surface area contributed by atoms with Crippen molar-refractivity contribution in [2.45, 2.75) is 63.1 Å². The molecule has 204 valence electrons. The van der Waals surface area contributed by atoms with E-state index in [-0.39, 0.29) is 35.7 Å². The molecule has 0 saturated heterocycles. The molecule has 1 aliphatic heterocycles. The van der Waals surface area contributed by atoms with E-state index in [0.29, 0.717) is 6.42 Å². The van der Waals surface area contributed by atoms with Gasteiger partial charge < -0.3 is 29.5 Å². The van der Waals surface area contributed by atoms with E-state index < -0.39 is 29.7 Å². The number of carbonyl (C=O) groups excluding carboxylic acids is 2. The minimum Gasteiger partial charge on any atom is -0.480 e. The Morgan fingerprint density at radius 2 is 2.05 bits per heavy atom. The lowest BCUT2D eigenvalue weighted by Crippen LogP contribution is -2.49. The van der Waals surface area contributed by atoms with Crippen LogP contribution in [-0.4, -0.2) is 72.6 Å². The van der Waals surface area contributed by atoms with Crippen LogP contribution in [0.25, 0.3) is 10.9 Å². The van der Waals surface area contributed by atoms with Crippen LogP contribution < -0.4 is 5.32 Å². The minimum absolute atomic E-state index is 0.0735. The summed E-state index contributed by atoms with van der Waals surface area (Å²) < 4.78 is 11.1. The molecule has 0 aliphatic carbocycles. The molecular formula is C25H31N5O6S2. The predicted octanol–water partition coefficient (Wildman–Crippen LogP) is 4.00. The van der Waals surface area contributed by atoms with Gasteiger partial charge in [0.2, 0.25) is 11.8 Å². The van der Waals surface area contributed by atoms with E-state index in [4.69, 9.17) is 9.15 Å². The number of para-hydroxylation sites is 1. The van der Waals surface area contributed by atoms with Gasteiger partial charge in [0, 0.05) is 23.0 Å². The Labute approximate surface area is 228 Å². The molecule has 38 heavy (non-hydrogen) atoms. The molecule has 1 aliphatic rings. The third-order valence-corrected chi connectivity index (χ3v) is 7.40. The second-order valence-corrected chi connectivity index (χ2v) is 11.8. The normalized spacial score (nSPS) is 16.2. The Balaban J connectivity index is 1.42. The minimum atomic E-state index is -1.05. The highest BCUT2D eigenvalue weighted by Gasteiger charge is 2.36. The summed E-state index contributed by atoms with van der Waals surface area (Å²) in [5, 5.41) is 21.8. The third-order valence-electron chi connectivity index (χ3n) is 5.95. The summed E-state index contributed by atoms with van der Waals surface area (Å²) in [6, 6.07) is 6.19. The fourth-order valence-corrected chi connectivity index (χ4v) is 5.39. The molecule has 2 aromatic heterocycles. The van der Waals surface area contributed by atoms with Crippen molar-refractivity contribution in [1.29, 1.82) is 0 Å². The van der Waals surface area contributed by atoms with Gasteiger partial charge in [-0.15, -0.1) is 10.2 Å². The van der Waals surface area contributed by atoms with Crippen LogP contribution in [0.2, 0.25) is 0 Å². The molecule has 4 rings (SSSR count). The van der Waals surface area contributed by atoms with E-state index in [2.05, 4.69) is 20.5 Å². The molecule has 0 spiro atoms. The molecule has 3 aromatic rings. The molecule has 2 unspecified atom stereocenters. The molecule has 2 amide bonds. The number of carboxylic acids is 1. The fourth-order valence-electron chi connectivity index (χ4n) is 4.26. The summed E-state index contributed by atoms with van der Waals surface area (Å²) in [5.41, 5.74) is 2.03. The SMILES string of the molecule is CSCCC(NC(=O)OC(C)(C)C)c1nnc(SCC(=O)N2Cc3[nH]c4ccccc4c3CC2C(=O)O)o1. The van der Waals surface area contributed by atoms with E-state index in [1.54, 1.807) is 32.5 Å². The summed E-state index contributed by atoms with van der Waals surface area (Å²) in [7, 11) is 0. The van der Waals surface area contributed by atoms with Crippen molar-refractivity contribution in [3.05, 3.63) is 41.4 Å². The van der Waals surface area contributed by atoms with Crippen molar-refractivity contribution in [2.24, 2.45) is 0 Å². The van der Waals surface area contributed by atoms with Crippen LogP contribution in [-0.2, 0) is 27.3 Å². The van der Waals surface area contributed by atoms with Gasteiger partial charge in [-0.2, -0.15) is 11.8 Å². The van der Waals surface area contributed by atoms with Gasteiger partial charge in [-0.3, -0.25) is 4.79 Å². The van der Waals surface area contributed by atoms with Crippen LogP contribution in [0.3, 0.4) is 0 Å². The first-order chi connectivity index (χ1) is 18.1. The van der Waals surface area contributed by atoms with Gasteiger partial charge in [0.1, 0.15) is 17.7 Å². The standard InChI is InChI=1S/C25H31N5O6S2/c1-25(2,3)36-23(34)27-17(9-10-37-4)21-28-29-24(35-21)38-13-20(31)30-12-18-15(11-19(30)22(32)33)14-7-5-6-8-16(14)26-18/h5-8,17,19,26H,9-13H2,1-4H3,(H,27,34)(H,32,33). The zero-order chi connectivity index (χ0) is 27.4. The Morgan fingerprint density at radius 3 is 2.76 bits per heavy atom. The molecule has 2 atom stereocenters. The number of H-pyrrole nitrogens is 1. The van der Waals surface area contributed by atoms with Crippen molar-refractivity contribution < 1.29 is 28.6 Å². The number of thioether (sulfide) groups is 2. The van der Waals surface area contributed by atoms with E-state index in [0.717, 1.165) is 39.7 Å². The van der Waals surface area contributed by atoms with Gasteiger partial charge in [-0.05, 0) is 50.8 Å². The topological polar surface area (TPSA) is 151 Å². The van der Waals surface area contributed by atoms with Gasteiger partial charge in [0.05, 0.1) is 12.3 Å². The number of amides is 2. The summed E-state index contributed by atoms with van der Waals surface area (Å²) in [5.74, 6) is -0.522. The lowest BCUT2D eigenvalue weighted by molar-refractivity contribution is -0.150. The summed E-state index contributed by atoms with van der Waals surface area (Å²) >= 11 is 2.64. The van der Waals surface area contributed by atoms with Gasteiger partial charge in [0.25, 0.3) is 5.22 Å². The lowest BCUT2D eigenvalue weighted by atomic mass is 9.96. The van der Waals surface area contributed by atoms with E-state index in [1.165, 1.54) is 4.90 Å². The van der Waals surface area contributed by atoms with Gasteiger partial charge in [-0.25, -0.2) is 9.59 Å². The number of fused-ring (bicyclic) bond motifs is 3. The smallest absolute Gasteiger partial charge is 0.408 e. The number of nitrogens with one attached hydrogen (secondary N) is 2. The van der Waals surface area contributed by atoms with Gasteiger partial charge in [0.15, 0.2) is 0 Å². The number of aliphatic carboxylic acids is 1. The van der Waals surface area contributed by atoms with Crippen LogP contribution in [0.1, 0.15) is 50.4 Å². The molecule has 0 fully saturated rings. The van der Waals surface area contributed by atoms with E-state index in [9.17, 15) is 19.5 Å². The van der Waals surface area contributed by atoms with Crippen molar-refractivity contribution in [3.8, 4) is 0 Å². The lowest BCUT2D eigenvalue weighted by Gasteiger charge is -2.33. The average molecular weight is 562 g/mol. The second-order valence-electron chi connectivity index (χ2n) is 9.88. The number of aromatic nitrogens is 3. The Morgan fingerprint density at radius 1 is 1.29 bits per heavy atom. The molecule has 0 saturated carbocycles. The van der Waals surface area contributed by atoms with Crippen molar-refractivity contribution in [3.63, 3.8) is 0 Å². The zero-order valence-corrected chi connectivity index (χ0v) is 23.3. The van der Waals surface area contributed by atoms with E-state index >= 15 is 0 Å². The number of benzene rings is 1. The fraction of sp³-hybridized carbons (Fsp3) is 0.480. The number of carbonyl (C=O) groups is 3. The number of nitrogens with zero attached hydrogens (tertiary/aromatic N) is 3. The van der Waals surface area contributed by atoms with Crippen molar-refractivity contribution in [1.82, 2.24) is 25.4 Å². The number of hydrogen-bond acceptors (Lipinski definition) is 9. The monoisotopic (exact) mass is 561 g/mol. The number of alkyl carbamates (subject to hydrolysis) is 1. The number of rotatable bonds is 9. The Kier molecular flexibility index (Phi) is 8.56. The van der Waals surface area contributed by atoms with Crippen molar-refractivity contribution in [2.75, 3.05) is 17.8 Å². The summed E-state index contributed by atoms with van der Waals surface area (Å²) in [6.07, 6.45) is 2.14. The molecule has 3 heterocycles. The van der Waals surface area contributed by atoms with E-state index in [1.807, 2.05) is 30.5 Å². The highest BCUT2D eigenvalue weighted by Crippen LogP contribution is 2.31. The molecule has 1 aromatic carbocycles. The first kappa shape index (κ1) is 27.8. The highest BCUT2D eigenvalue weighted by molar-refractivity contribution is 7.99. The zero-order valence-electron chi connectivity index (χ0n) is 21.6. The van der Waals surface area contributed by atoms with Crippen LogP contribution in [0.5, 0.6) is 0 Å². The van der Waals surface area contributed by atoms with Gasteiger partial charge >= 0.3 is 12.1 Å². The van der Waals surface area contributed by atoms with Gasteiger partial charge in [-0.1, -0.05) is 30.0 Å². The molecule has 3 N–H and O–H groups in total. The number of aromatic amines is 1. The second kappa shape index (κ2) is 11.7. The molecule has 13 heteroatoms. The largest absolute Gasteiger partial charge is 0.480 e. The average Bonchev–Trinajstić information content (AvgIpc) is 3.47. The number of hydrogen-bond donors (Lipinski definition) is 3. The quantitative estimate of drug-likeness (QED) is 0.327. The maximum atomic E-state index is 13.1. The molecule has 0 radical (unpaired) electrons. The third kappa shape index (κ3) is 6.62. The summed E-state index contributed by atoms with van der Waals surface area (Å²) in [6.45, 7) is 5.50. The maximum absolute atomic E-state index is 13.1. The molecule has 11 nitrogen and oxygen atoms in total. The first-order valence-corrected chi connectivity index (χ1v) is 14.5. The maximum Gasteiger partial charge on any atom is 0.408 e. The Bertz CT molecular complexity index is 1320. The predicted molar refractivity (Wildman–Crippen MR) is 144 cm³/mol. The number of ether oxygens (including phenoxy) is 1. The first-order valence-electron chi connectivity index (χ1n) is 12.1. The highest BCUT2D eigenvalue weighted by atomic mass is 32.2.